The highest BCUT2D eigenvalue weighted by atomic mass is 16.5. The quantitative estimate of drug-likeness (QED) is 0.899. The molecule has 1 N–H and O–H groups in total. The largest absolute Gasteiger partial charge is 0.380 e. The Bertz CT molecular complexity index is 440. The van der Waals surface area contributed by atoms with Crippen LogP contribution in [0.4, 0.5) is 5.69 Å². The van der Waals surface area contributed by atoms with Gasteiger partial charge in [-0.1, -0.05) is 12.8 Å². The molecule has 0 aromatic carbocycles. The van der Waals surface area contributed by atoms with E-state index in [4.69, 9.17) is 4.74 Å². The van der Waals surface area contributed by atoms with E-state index < -0.39 is 0 Å². The second-order valence-corrected chi connectivity index (χ2v) is 6.07. The molecular formula is C16H24N2O. The smallest absolute Gasteiger partial charge is 0.0670 e. The molecule has 2 fully saturated rings. The standard InChI is InChI=1S/C16H24N2O/c1-3-19-15-9-14(16(15)6-4-5-7-16)18-13-8-12(2)10-17-11-13/h8,10-11,14-15,18H,3-7,9H2,1-2H3. The van der Waals surface area contributed by atoms with Crippen LogP contribution in [0, 0.1) is 12.3 Å². The van der Waals surface area contributed by atoms with Crippen LogP contribution < -0.4 is 5.32 Å². The Hall–Kier alpha value is -1.09. The number of hydrogen-bond donors (Lipinski definition) is 1. The first kappa shape index (κ1) is 12.9. The number of aryl methyl sites for hydroxylation is 1. The summed E-state index contributed by atoms with van der Waals surface area (Å²) in [6, 6.07) is 2.75. The number of nitrogens with one attached hydrogen (secondary N) is 1. The Morgan fingerprint density at radius 2 is 2.16 bits per heavy atom. The highest BCUT2D eigenvalue weighted by molar-refractivity contribution is 5.45. The molecule has 3 rings (SSSR count). The van der Waals surface area contributed by atoms with Gasteiger partial charge < -0.3 is 10.1 Å². The van der Waals surface area contributed by atoms with Crippen molar-refractivity contribution in [3.05, 3.63) is 24.0 Å². The molecule has 2 saturated carbocycles. The first-order chi connectivity index (χ1) is 9.24. The maximum Gasteiger partial charge on any atom is 0.0670 e. The van der Waals surface area contributed by atoms with Crippen molar-refractivity contribution in [3.63, 3.8) is 0 Å². The second kappa shape index (κ2) is 5.12. The molecule has 1 heterocycles. The molecular weight excluding hydrogens is 236 g/mol. The van der Waals surface area contributed by atoms with Crippen LogP contribution in [-0.2, 0) is 4.74 Å². The molecule has 2 atom stereocenters. The number of aromatic nitrogens is 1. The van der Waals surface area contributed by atoms with Gasteiger partial charge in [-0.05, 0) is 44.7 Å². The Kier molecular flexibility index (Phi) is 3.48. The van der Waals surface area contributed by atoms with Crippen LogP contribution in [0.25, 0.3) is 0 Å². The van der Waals surface area contributed by atoms with E-state index in [-0.39, 0.29) is 0 Å². The summed E-state index contributed by atoms with van der Waals surface area (Å²) in [6.45, 7) is 5.03. The lowest BCUT2D eigenvalue weighted by atomic mass is 9.60. The Morgan fingerprint density at radius 1 is 1.37 bits per heavy atom. The van der Waals surface area contributed by atoms with Crippen LogP contribution >= 0.6 is 0 Å². The van der Waals surface area contributed by atoms with Gasteiger partial charge in [0.25, 0.3) is 0 Å². The van der Waals surface area contributed by atoms with Gasteiger partial charge in [0.2, 0.25) is 0 Å². The zero-order valence-electron chi connectivity index (χ0n) is 12.0. The number of nitrogens with zero attached hydrogens (tertiary/aromatic N) is 1. The second-order valence-electron chi connectivity index (χ2n) is 6.07. The van der Waals surface area contributed by atoms with E-state index in [1.54, 1.807) is 0 Å². The highest BCUT2D eigenvalue weighted by Gasteiger charge is 2.56. The van der Waals surface area contributed by atoms with Crippen molar-refractivity contribution < 1.29 is 4.74 Å². The molecule has 3 nitrogen and oxygen atoms in total. The van der Waals surface area contributed by atoms with Crippen molar-refractivity contribution in [2.45, 2.75) is 58.1 Å². The summed E-state index contributed by atoms with van der Waals surface area (Å²) in [5.74, 6) is 0. The number of pyridine rings is 1. The number of ether oxygens (including phenoxy) is 1. The van der Waals surface area contributed by atoms with Crippen molar-refractivity contribution in [1.82, 2.24) is 4.98 Å². The molecule has 1 aromatic heterocycles. The molecule has 104 valence electrons. The van der Waals surface area contributed by atoms with Gasteiger partial charge in [-0.2, -0.15) is 0 Å². The van der Waals surface area contributed by atoms with Gasteiger partial charge in [0.15, 0.2) is 0 Å². The molecule has 0 bridgehead atoms. The fourth-order valence-corrected chi connectivity index (χ4v) is 3.92. The summed E-state index contributed by atoms with van der Waals surface area (Å²) >= 11 is 0. The molecule has 2 aliphatic rings. The van der Waals surface area contributed by atoms with Crippen LogP contribution in [0.15, 0.2) is 18.5 Å². The average Bonchev–Trinajstić information content (AvgIpc) is 2.90. The lowest BCUT2D eigenvalue weighted by Crippen LogP contribution is -2.60. The van der Waals surface area contributed by atoms with E-state index >= 15 is 0 Å². The summed E-state index contributed by atoms with van der Waals surface area (Å²) < 4.78 is 5.95. The maximum atomic E-state index is 5.95. The third-order valence-electron chi connectivity index (χ3n) is 4.90. The predicted molar refractivity (Wildman–Crippen MR) is 77.3 cm³/mol. The minimum Gasteiger partial charge on any atom is -0.380 e. The molecule has 0 radical (unpaired) electrons. The van der Waals surface area contributed by atoms with Crippen LogP contribution in [0.1, 0.15) is 44.6 Å². The number of anilines is 1. The third kappa shape index (κ3) is 2.25. The van der Waals surface area contributed by atoms with Gasteiger partial charge in [0.05, 0.1) is 11.8 Å². The first-order valence-electron chi connectivity index (χ1n) is 7.54. The van der Waals surface area contributed by atoms with Gasteiger partial charge in [0.1, 0.15) is 0 Å². The van der Waals surface area contributed by atoms with Crippen LogP contribution in [-0.4, -0.2) is 23.7 Å². The van der Waals surface area contributed by atoms with E-state index in [2.05, 4.69) is 30.2 Å². The lowest BCUT2D eigenvalue weighted by Gasteiger charge is -2.54. The molecule has 2 unspecified atom stereocenters. The van der Waals surface area contributed by atoms with Crippen LogP contribution in [0.3, 0.4) is 0 Å². The summed E-state index contributed by atoms with van der Waals surface area (Å²) in [7, 11) is 0. The van der Waals surface area contributed by atoms with Crippen LogP contribution in [0.5, 0.6) is 0 Å². The summed E-state index contributed by atoms with van der Waals surface area (Å²) in [5.41, 5.74) is 2.76. The summed E-state index contributed by atoms with van der Waals surface area (Å²) in [5, 5.41) is 3.70. The minimum absolute atomic E-state index is 0.389. The monoisotopic (exact) mass is 260 g/mol. The fraction of sp³-hybridized carbons (Fsp3) is 0.688. The minimum atomic E-state index is 0.389. The van der Waals surface area contributed by atoms with Crippen molar-refractivity contribution in [2.75, 3.05) is 11.9 Å². The predicted octanol–water partition coefficient (Wildman–Crippen LogP) is 3.54. The van der Waals surface area contributed by atoms with E-state index in [0.29, 0.717) is 17.6 Å². The first-order valence-corrected chi connectivity index (χ1v) is 7.54. The van der Waals surface area contributed by atoms with E-state index in [0.717, 1.165) is 18.7 Å². The third-order valence-corrected chi connectivity index (χ3v) is 4.90. The van der Waals surface area contributed by atoms with Gasteiger partial charge in [-0.3, -0.25) is 4.98 Å². The van der Waals surface area contributed by atoms with Gasteiger partial charge in [-0.25, -0.2) is 0 Å². The van der Waals surface area contributed by atoms with Crippen molar-refractivity contribution in [2.24, 2.45) is 5.41 Å². The van der Waals surface area contributed by atoms with Crippen molar-refractivity contribution in [1.29, 1.82) is 0 Å². The highest BCUT2D eigenvalue weighted by Crippen LogP contribution is 2.55. The van der Waals surface area contributed by atoms with E-state index in [9.17, 15) is 0 Å². The molecule has 2 aliphatic carbocycles. The maximum absolute atomic E-state index is 5.95. The molecule has 0 aliphatic heterocycles. The lowest BCUT2D eigenvalue weighted by molar-refractivity contribution is -0.114. The normalized spacial score (nSPS) is 28.3. The molecule has 0 amide bonds. The Balaban J connectivity index is 1.72. The average molecular weight is 260 g/mol. The molecule has 3 heteroatoms. The number of hydrogen-bond acceptors (Lipinski definition) is 3. The molecule has 0 saturated heterocycles. The fourth-order valence-electron chi connectivity index (χ4n) is 3.92. The zero-order valence-corrected chi connectivity index (χ0v) is 12.0. The SMILES string of the molecule is CCOC1CC(Nc2cncc(C)c2)C12CCCC2. The van der Waals surface area contributed by atoms with Gasteiger partial charge >= 0.3 is 0 Å². The molecule has 1 aromatic rings. The summed E-state index contributed by atoms with van der Waals surface area (Å²) in [4.78, 5) is 4.27. The van der Waals surface area contributed by atoms with E-state index in [1.807, 2.05) is 12.4 Å². The van der Waals surface area contributed by atoms with Crippen molar-refractivity contribution >= 4 is 5.69 Å². The van der Waals surface area contributed by atoms with Crippen LogP contribution in [0.2, 0.25) is 0 Å². The van der Waals surface area contributed by atoms with Gasteiger partial charge in [-0.15, -0.1) is 0 Å². The molecule has 1 spiro atoms. The molecule has 19 heavy (non-hydrogen) atoms. The van der Waals surface area contributed by atoms with E-state index in [1.165, 1.54) is 31.2 Å². The Labute approximate surface area is 115 Å². The Morgan fingerprint density at radius 3 is 2.84 bits per heavy atom. The van der Waals surface area contributed by atoms with Gasteiger partial charge in [0, 0.05) is 30.5 Å². The topological polar surface area (TPSA) is 34.1 Å². The summed E-state index contributed by atoms with van der Waals surface area (Å²) in [6.07, 6.45) is 10.8. The zero-order chi connectivity index (χ0) is 13.3. The number of rotatable bonds is 4. The van der Waals surface area contributed by atoms with Crippen molar-refractivity contribution in [3.8, 4) is 0 Å².